The van der Waals surface area contributed by atoms with Crippen LogP contribution in [0.15, 0.2) is 71.8 Å². The fraction of sp³-hybridized carbons (Fsp3) is 0.286. The summed E-state index contributed by atoms with van der Waals surface area (Å²) in [5.74, 6) is -3.89. The van der Waals surface area contributed by atoms with E-state index in [0.717, 1.165) is 24.3 Å². The lowest BCUT2D eigenvalue weighted by Gasteiger charge is -2.36. The van der Waals surface area contributed by atoms with Gasteiger partial charge in [0.05, 0.1) is 38.4 Å². The van der Waals surface area contributed by atoms with Crippen LogP contribution in [0.3, 0.4) is 0 Å². The van der Waals surface area contributed by atoms with Crippen LogP contribution < -0.4 is 14.9 Å². The van der Waals surface area contributed by atoms with Crippen molar-refractivity contribution >= 4 is 54.2 Å². The van der Waals surface area contributed by atoms with Crippen LogP contribution in [0.2, 0.25) is 0 Å². The second-order valence-electron chi connectivity index (χ2n) is 12.8. The van der Waals surface area contributed by atoms with Crippen molar-refractivity contribution in [2.45, 2.75) is 24.7 Å². The van der Waals surface area contributed by atoms with E-state index in [1.165, 1.54) is 42.0 Å². The summed E-state index contributed by atoms with van der Waals surface area (Å²) in [5, 5.41) is 3.74. The minimum Gasteiger partial charge on any atom is -0.367 e. The second-order valence-corrected chi connectivity index (χ2v) is 17.7. The first-order valence-electron chi connectivity index (χ1n) is 16.4. The van der Waals surface area contributed by atoms with E-state index in [2.05, 4.69) is 15.3 Å². The van der Waals surface area contributed by atoms with Crippen molar-refractivity contribution in [3.63, 3.8) is 0 Å². The molecule has 0 radical (unpaired) electrons. The van der Waals surface area contributed by atoms with Crippen molar-refractivity contribution < 1.29 is 34.4 Å². The summed E-state index contributed by atoms with van der Waals surface area (Å²) < 4.78 is 110. The minimum atomic E-state index is -4.86. The Hall–Kier alpha value is -4.65. The molecule has 0 spiro atoms. The predicted molar refractivity (Wildman–Crippen MR) is 198 cm³/mol. The average Bonchev–Trinajstić information content (AvgIpc) is 3.55. The number of rotatable bonds is 12. The van der Waals surface area contributed by atoms with Gasteiger partial charge in [-0.3, -0.25) is 9.62 Å². The molecule has 2 aromatic heterocycles. The molecule has 2 N–H and O–H groups in total. The molecule has 53 heavy (non-hydrogen) atoms. The molecular formula is C35H35F4N7O4S3. The topological polar surface area (TPSA) is 137 Å². The number of piperazine rings is 1. The van der Waals surface area contributed by atoms with Crippen LogP contribution in [-0.2, 0) is 19.9 Å². The first-order valence-corrected chi connectivity index (χ1v) is 20.8. The van der Waals surface area contributed by atoms with E-state index in [4.69, 9.17) is 4.98 Å². The van der Waals surface area contributed by atoms with Crippen LogP contribution in [-0.4, -0.2) is 81.4 Å². The lowest BCUT2D eigenvalue weighted by molar-refractivity contribution is 0.271. The molecule has 3 aromatic carbocycles. The van der Waals surface area contributed by atoms with E-state index in [-0.39, 0.29) is 17.6 Å². The summed E-state index contributed by atoms with van der Waals surface area (Å²) in [6, 6.07) is 12.5. The van der Waals surface area contributed by atoms with Crippen LogP contribution in [0.25, 0.3) is 21.8 Å². The van der Waals surface area contributed by atoms with Crippen molar-refractivity contribution in [2.75, 3.05) is 59.7 Å². The third-order valence-electron chi connectivity index (χ3n) is 8.39. The largest absolute Gasteiger partial charge is 0.367 e. The van der Waals surface area contributed by atoms with Crippen molar-refractivity contribution in [1.82, 2.24) is 19.9 Å². The molecular weight excluding hydrogens is 755 g/mol. The van der Waals surface area contributed by atoms with Gasteiger partial charge in [0.15, 0.2) is 4.90 Å². The third-order valence-corrected chi connectivity index (χ3v) is 12.1. The highest BCUT2D eigenvalue weighted by atomic mass is 32.2. The second kappa shape index (κ2) is 15.4. The molecule has 280 valence electrons. The van der Waals surface area contributed by atoms with Crippen molar-refractivity contribution in [3.8, 4) is 21.8 Å². The zero-order valence-electron chi connectivity index (χ0n) is 28.8. The molecule has 0 atom stereocenters. The lowest BCUT2D eigenvalue weighted by atomic mass is 10.1. The van der Waals surface area contributed by atoms with Crippen LogP contribution in [0.4, 0.5) is 40.6 Å². The molecule has 1 aliphatic rings. The highest BCUT2D eigenvalue weighted by Crippen LogP contribution is 2.40. The Labute approximate surface area is 308 Å². The van der Waals surface area contributed by atoms with Gasteiger partial charge in [-0.2, -0.15) is 0 Å². The first kappa shape index (κ1) is 38.1. The summed E-state index contributed by atoms with van der Waals surface area (Å²) in [5.41, 5.74) is 1.35. The fourth-order valence-electron chi connectivity index (χ4n) is 5.66. The molecule has 0 aliphatic carbocycles. The Morgan fingerprint density at radius 3 is 2.23 bits per heavy atom. The normalized spacial score (nSPS) is 14.2. The van der Waals surface area contributed by atoms with Gasteiger partial charge in [-0.25, -0.2) is 49.3 Å². The summed E-state index contributed by atoms with van der Waals surface area (Å²) in [6.45, 7) is 6.60. The van der Waals surface area contributed by atoms with Crippen molar-refractivity contribution in [2.24, 2.45) is 0 Å². The van der Waals surface area contributed by atoms with E-state index in [1.54, 1.807) is 18.2 Å². The number of hydrogen-bond acceptors (Lipinski definition) is 11. The van der Waals surface area contributed by atoms with Gasteiger partial charge in [0, 0.05) is 62.3 Å². The van der Waals surface area contributed by atoms with Crippen LogP contribution in [0.1, 0.15) is 24.8 Å². The molecule has 3 heterocycles. The van der Waals surface area contributed by atoms with Gasteiger partial charge in [0.2, 0.25) is 5.95 Å². The molecule has 5 aromatic rings. The maximum atomic E-state index is 15.4. The molecule has 18 heteroatoms. The average molecular weight is 790 g/mol. The number of sulfone groups is 1. The lowest BCUT2D eigenvalue weighted by Crippen LogP contribution is -2.47. The summed E-state index contributed by atoms with van der Waals surface area (Å²) in [7, 11) is -7.93. The van der Waals surface area contributed by atoms with E-state index in [1.807, 2.05) is 28.4 Å². The Morgan fingerprint density at radius 1 is 0.849 bits per heavy atom. The van der Waals surface area contributed by atoms with Gasteiger partial charge in [-0.1, -0.05) is 19.9 Å². The molecule has 1 saturated heterocycles. The molecule has 0 amide bonds. The van der Waals surface area contributed by atoms with Gasteiger partial charge in [0.1, 0.15) is 33.1 Å². The maximum Gasteiger partial charge on any atom is 0.267 e. The van der Waals surface area contributed by atoms with Gasteiger partial charge in [-0.15, -0.1) is 11.3 Å². The van der Waals surface area contributed by atoms with Crippen LogP contribution in [0.5, 0.6) is 0 Å². The Morgan fingerprint density at radius 2 is 1.57 bits per heavy atom. The highest BCUT2D eigenvalue weighted by Gasteiger charge is 2.26. The highest BCUT2D eigenvalue weighted by molar-refractivity contribution is 7.92. The van der Waals surface area contributed by atoms with Gasteiger partial charge >= 0.3 is 0 Å². The summed E-state index contributed by atoms with van der Waals surface area (Å²) in [4.78, 5) is 16.9. The monoisotopic (exact) mass is 789 g/mol. The molecule has 11 nitrogen and oxygen atoms in total. The standard InChI is InChI=1S/C35H35F4N7O4S3/c1-21(2)34-43-31(22-7-9-24(36)29(19-22)44-53(49,50)33-25(37)5-4-6-26(33)38)32(51-34)28-11-12-40-35(42-28)41-23-8-10-30(27(39)20-23)46-15-13-45(14-16-46)17-18-52(3,47)48/h4-12,19-21,44H,13-18H2,1-3H3,(H,40,41,42). The minimum absolute atomic E-state index is 0.0219. The Kier molecular flexibility index (Phi) is 11.0. The smallest absolute Gasteiger partial charge is 0.267 e. The number of thiazole rings is 1. The number of aromatic nitrogens is 3. The van der Waals surface area contributed by atoms with Crippen LogP contribution >= 0.6 is 11.3 Å². The van der Waals surface area contributed by atoms with E-state index in [9.17, 15) is 30.0 Å². The fourth-order valence-corrected chi connectivity index (χ4v) is 8.51. The summed E-state index contributed by atoms with van der Waals surface area (Å²) in [6.07, 6.45) is 2.71. The van der Waals surface area contributed by atoms with Crippen molar-refractivity contribution in [3.05, 3.63) is 95.1 Å². The maximum absolute atomic E-state index is 15.4. The molecule has 0 unspecified atom stereocenters. The van der Waals surface area contributed by atoms with Gasteiger partial charge in [-0.05, 0) is 54.6 Å². The molecule has 6 rings (SSSR count). The number of sulfonamides is 1. The quantitative estimate of drug-likeness (QED) is 0.132. The van der Waals surface area contributed by atoms with E-state index >= 15 is 4.39 Å². The van der Waals surface area contributed by atoms with Crippen molar-refractivity contribution in [1.29, 1.82) is 0 Å². The van der Waals surface area contributed by atoms with E-state index < -0.39 is 53.7 Å². The molecule has 1 fully saturated rings. The number of nitrogens with zero attached hydrogens (tertiary/aromatic N) is 5. The number of halogens is 4. The zero-order valence-corrected chi connectivity index (χ0v) is 31.2. The molecule has 0 bridgehead atoms. The summed E-state index contributed by atoms with van der Waals surface area (Å²) >= 11 is 1.32. The van der Waals surface area contributed by atoms with Gasteiger partial charge < -0.3 is 10.2 Å². The number of nitrogens with one attached hydrogen (secondary N) is 2. The van der Waals surface area contributed by atoms with Crippen LogP contribution in [0, 0.1) is 23.3 Å². The number of benzene rings is 3. The number of hydrogen-bond donors (Lipinski definition) is 2. The van der Waals surface area contributed by atoms with Gasteiger partial charge in [0.25, 0.3) is 10.0 Å². The first-order chi connectivity index (χ1) is 25.1. The SMILES string of the molecule is CC(C)c1nc(-c2ccc(F)c(NS(=O)(=O)c3c(F)cccc3F)c2)c(-c2ccnc(Nc3ccc(N4CCN(CCS(C)(=O)=O)CC4)c(F)c3)n2)s1. The predicted octanol–water partition coefficient (Wildman–Crippen LogP) is 6.66. The Bertz CT molecular complexity index is 2350. The third kappa shape index (κ3) is 8.94. The Balaban J connectivity index is 1.23. The zero-order chi connectivity index (χ0) is 38.1. The molecule has 1 aliphatic heterocycles. The van der Waals surface area contributed by atoms with E-state index in [0.29, 0.717) is 70.9 Å². The number of anilines is 4. The molecule has 0 saturated carbocycles.